The van der Waals surface area contributed by atoms with E-state index in [-0.39, 0.29) is 17.8 Å². The summed E-state index contributed by atoms with van der Waals surface area (Å²) < 4.78 is 14.4. The lowest BCUT2D eigenvalue weighted by Gasteiger charge is -2.21. The number of carbonyl (C=O) groups is 2. The van der Waals surface area contributed by atoms with Crippen LogP contribution in [0.2, 0.25) is 0 Å². The average molecular weight is 317 g/mol. The Hall–Kier alpha value is -2.71. The predicted octanol–water partition coefficient (Wildman–Crippen LogP) is 3.38. The van der Waals surface area contributed by atoms with Gasteiger partial charge in [-0.05, 0) is 35.9 Å². The molecule has 0 aliphatic rings. The van der Waals surface area contributed by atoms with Crippen LogP contribution >= 0.6 is 11.6 Å². The lowest BCUT2D eigenvalue weighted by Crippen LogP contribution is -2.32. The monoisotopic (exact) mass is 316 g/mol. The van der Waals surface area contributed by atoms with Crippen LogP contribution in [0.5, 0.6) is 0 Å². The fourth-order valence-corrected chi connectivity index (χ4v) is 2.10. The maximum Gasteiger partial charge on any atom is 0.259 e. The molecule has 0 fully saturated rings. The summed E-state index contributed by atoms with van der Waals surface area (Å²) in [6.45, 7) is -0.357. The first-order valence-corrected chi connectivity index (χ1v) is 6.66. The van der Waals surface area contributed by atoms with Crippen molar-refractivity contribution in [2.45, 2.75) is 0 Å². The van der Waals surface area contributed by atoms with E-state index in [0.29, 0.717) is 5.56 Å². The second-order valence-corrected chi connectivity index (χ2v) is 4.67. The first-order valence-electron chi connectivity index (χ1n) is 6.28. The number of anilines is 1. The van der Waals surface area contributed by atoms with E-state index < -0.39 is 17.0 Å². The third kappa shape index (κ3) is 3.13. The number of amides is 1. The van der Waals surface area contributed by atoms with Gasteiger partial charge < -0.3 is 0 Å². The van der Waals surface area contributed by atoms with Crippen molar-refractivity contribution in [3.63, 3.8) is 0 Å². The van der Waals surface area contributed by atoms with Gasteiger partial charge in [0.1, 0.15) is 6.54 Å². The van der Waals surface area contributed by atoms with Crippen LogP contribution in [-0.4, -0.2) is 17.7 Å². The molecule has 22 heavy (non-hydrogen) atoms. The summed E-state index contributed by atoms with van der Waals surface area (Å²) in [6, 6.07) is 13.9. The van der Waals surface area contributed by atoms with Crippen molar-refractivity contribution in [2.24, 2.45) is 0 Å². The summed E-state index contributed by atoms with van der Waals surface area (Å²) in [6.07, 6.45) is 0. The summed E-state index contributed by atoms with van der Waals surface area (Å²) in [5.74, 6) is -1.47. The van der Waals surface area contributed by atoms with E-state index in [1.54, 1.807) is 30.3 Å². The van der Waals surface area contributed by atoms with Crippen molar-refractivity contribution in [1.29, 1.82) is 5.26 Å². The minimum atomic E-state index is -0.969. The Balaban J connectivity index is 2.50. The number of hydrogen-bond acceptors (Lipinski definition) is 3. The van der Waals surface area contributed by atoms with Crippen LogP contribution in [0.1, 0.15) is 20.7 Å². The zero-order chi connectivity index (χ0) is 16.1. The molecule has 0 aliphatic heterocycles. The first kappa shape index (κ1) is 15.7. The summed E-state index contributed by atoms with van der Waals surface area (Å²) in [7, 11) is 0. The molecular weight excluding hydrogens is 307 g/mol. The van der Waals surface area contributed by atoms with Crippen LogP contribution in [0, 0.1) is 17.1 Å². The smallest absolute Gasteiger partial charge is 0.259 e. The van der Waals surface area contributed by atoms with Crippen LogP contribution in [0.15, 0.2) is 48.5 Å². The van der Waals surface area contributed by atoms with E-state index in [4.69, 9.17) is 16.9 Å². The molecule has 2 aromatic rings. The fourth-order valence-electron chi connectivity index (χ4n) is 1.95. The highest BCUT2D eigenvalue weighted by Crippen LogP contribution is 2.25. The molecule has 0 unspecified atom stereocenters. The number of nitrogens with zero attached hydrogens (tertiary/aromatic N) is 2. The Kier molecular flexibility index (Phi) is 4.87. The highest BCUT2D eigenvalue weighted by Gasteiger charge is 2.23. The van der Waals surface area contributed by atoms with E-state index in [0.717, 1.165) is 4.90 Å². The summed E-state index contributed by atoms with van der Waals surface area (Å²) in [5.41, 5.74) is -0.204. The summed E-state index contributed by atoms with van der Waals surface area (Å²) in [4.78, 5) is 24.6. The highest BCUT2D eigenvalue weighted by molar-refractivity contribution is 6.67. The van der Waals surface area contributed by atoms with Gasteiger partial charge in [-0.25, -0.2) is 4.39 Å². The molecule has 0 aliphatic carbocycles. The highest BCUT2D eigenvalue weighted by atomic mass is 35.5. The van der Waals surface area contributed by atoms with Crippen molar-refractivity contribution in [3.8, 4) is 6.07 Å². The molecule has 0 radical (unpaired) electrons. The molecule has 0 bridgehead atoms. The molecule has 2 rings (SSSR count). The van der Waals surface area contributed by atoms with Crippen LogP contribution in [0.3, 0.4) is 0 Å². The van der Waals surface area contributed by atoms with Crippen LogP contribution in [0.4, 0.5) is 10.1 Å². The molecule has 0 saturated carbocycles. The molecule has 2 aromatic carbocycles. The normalized spacial score (nSPS) is 9.86. The number of halogens is 2. The molecular formula is C16H10ClFN2O2. The minimum absolute atomic E-state index is 0.165. The van der Waals surface area contributed by atoms with Crippen molar-refractivity contribution in [1.82, 2.24) is 0 Å². The number of carbonyl (C=O) groups excluding carboxylic acids is 2. The van der Waals surface area contributed by atoms with Gasteiger partial charge in [0.2, 0.25) is 0 Å². The molecule has 0 aromatic heterocycles. The summed E-state index contributed by atoms with van der Waals surface area (Å²) in [5, 5.41) is 7.93. The van der Waals surface area contributed by atoms with Crippen molar-refractivity contribution in [2.75, 3.05) is 11.4 Å². The Morgan fingerprint density at radius 3 is 2.41 bits per heavy atom. The average Bonchev–Trinajstić information content (AvgIpc) is 2.53. The van der Waals surface area contributed by atoms with Crippen LogP contribution in [0.25, 0.3) is 0 Å². The van der Waals surface area contributed by atoms with Gasteiger partial charge in [0.25, 0.3) is 11.1 Å². The minimum Gasteiger partial charge on any atom is -0.292 e. The first-order chi connectivity index (χ1) is 10.6. The van der Waals surface area contributed by atoms with Gasteiger partial charge in [0.05, 0.1) is 17.3 Å². The zero-order valence-corrected chi connectivity index (χ0v) is 12.0. The lowest BCUT2D eigenvalue weighted by atomic mass is 10.1. The second kappa shape index (κ2) is 6.83. The van der Waals surface area contributed by atoms with Crippen LogP contribution in [-0.2, 0) is 0 Å². The largest absolute Gasteiger partial charge is 0.292 e. The number of benzene rings is 2. The Labute approximate surface area is 131 Å². The molecule has 0 heterocycles. The van der Waals surface area contributed by atoms with Gasteiger partial charge in [-0.15, -0.1) is 0 Å². The van der Waals surface area contributed by atoms with Gasteiger partial charge in [-0.2, -0.15) is 5.26 Å². The Morgan fingerprint density at radius 1 is 1.14 bits per heavy atom. The van der Waals surface area contributed by atoms with Gasteiger partial charge in [0.15, 0.2) is 5.82 Å². The Morgan fingerprint density at radius 2 is 1.82 bits per heavy atom. The number of hydrogen-bond donors (Lipinski definition) is 0. The van der Waals surface area contributed by atoms with Crippen molar-refractivity contribution in [3.05, 3.63) is 65.5 Å². The van der Waals surface area contributed by atoms with E-state index in [9.17, 15) is 14.0 Å². The standard InChI is InChI=1S/C16H10ClFN2O2/c17-15(21)12-7-4-8-13(14(12)18)20(10-9-19)16(22)11-5-2-1-3-6-11/h1-8H,10H2. The van der Waals surface area contributed by atoms with E-state index in [1.807, 2.05) is 6.07 Å². The topological polar surface area (TPSA) is 61.2 Å². The molecule has 110 valence electrons. The molecule has 4 nitrogen and oxygen atoms in total. The van der Waals surface area contributed by atoms with E-state index in [1.165, 1.54) is 18.2 Å². The van der Waals surface area contributed by atoms with Crippen molar-refractivity contribution >= 4 is 28.4 Å². The molecule has 6 heteroatoms. The molecule has 1 amide bonds. The second-order valence-electron chi connectivity index (χ2n) is 4.33. The zero-order valence-electron chi connectivity index (χ0n) is 11.3. The maximum atomic E-state index is 14.4. The van der Waals surface area contributed by atoms with E-state index in [2.05, 4.69) is 0 Å². The molecule has 0 spiro atoms. The van der Waals surface area contributed by atoms with Crippen molar-refractivity contribution < 1.29 is 14.0 Å². The number of nitriles is 1. The lowest BCUT2D eigenvalue weighted by molar-refractivity contribution is 0.0987. The quantitative estimate of drug-likeness (QED) is 0.641. The van der Waals surface area contributed by atoms with Gasteiger partial charge in [-0.1, -0.05) is 24.3 Å². The van der Waals surface area contributed by atoms with E-state index >= 15 is 0 Å². The van der Waals surface area contributed by atoms with Crippen LogP contribution < -0.4 is 4.90 Å². The molecule has 0 saturated heterocycles. The fraction of sp³-hybridized carbons (Fsp3) is 0.0625. The van der Waals surface area contributed by atoms with Gasteiger partial charge in [0, 0.05) is 5.56 Å². The number of rotatable bonds is 4. The van der Waals surface area contributed by atoms with Gasteiger partial charge >= 0.3 is 0 Å². The summed E-state index contributed by atoms with van der Waals surface area (Å²) >= 11 is 5.31. The Bertz CT molecular complexity index is 756. The molecule has 0 N–H and O–H groups in total. The molecule has 0 atom stereocenters. The third-order valence-electron chi connectivity index (χ3n) is 2.98. The predicted molar refractivity (Wildman–Crippen MR) is 80.3 cm³/mol. The third-order valence-corrected chi connectivity index (χ3v) is 3.18. The van der Waals surface area contributed by atoms with Gasteiger partial charge in [-0.3, -0.25) is 14.5 Å². The maximum absolute atomic E-state index is 14.4. The SMILES string of the molecule is N#CCN(C(=O)c1ccccc1)c1cccc(C(=O)Cl)c1F.